The molecule has 0 radical (unpaired) electrons. The van der Waals surface area contributed by atoms with E-state index in [1.54, 1.807) is 0 Å². The quantitative estimate of drug-likeness (QED) is 0.486. The first-order valence-corrected chi connectivity index (χ1v) is 5.65. The van der Waals surface area contributed by atoms with Crippen molar-refractivity contribution in [2.45, 2.75) is 13.5 Å². The predicted molar refractivity (Wildman–Crippen MR) is 62.1 cm³/mol. The molecule has 0 aromatic heterocycles. The standard InChI is InChI=1S/C11H13NO2S/c1-2-15-10(12)11(13)14-8-9-6-4-3-5-7-9/h3-7,12H,2,8H2,1H3. The number of esters is 1. The smallest absolute Gasteiger partial charge is 0.363 e. The van der Waals surface area contributed by atoms with Crippen molar-refractivity contribution in [3.8, 4) is 0 Å². The van der Waals surface area contributed by atoms with Crippen LogP contribution in [-0.4, -0.2) is 16.8 Å². The monoisotopic (exact) mass is 223 g/mol. The first-order chi connectivity index (χ1) is 7.24. The Morgan fingerprint density at radius 1 is 1.40 bits per heavy atom. The van der Waals surface area contributed by atoms with Gasteiger partial charge in [0.2, 0.25) is 0 Å². The number of benzene rings is 1. The van der Waals surface area contributed by atoms with E-state index in [9.17, 15) is 4.79 Å². The van der Waals surface area contributed by atoms with Gasteiger partial charge in [-0.15, -0.1) is 0 Å². The van der Waals surface area contributed by atoms with E-state index in [0.717, 1.165) is 5.56 Å². The van der Waals surface area contributed by atoms with E-state index < -0.39 is 5.97 Å². The Morgan fingerprint density at radius 3 is 2.67 bits per heavy atom. The molecule has 0 saturated carbocycles. The summed E-state index contributed by atoms with van der Waals surface area (Å²) in [6.07, 6.45) is 0. The van der Waals surface area contributed by atoms with Crippen molar-refractivity contribution < 1.29 is 9.53 Å². The van der Waals surface area contributed by atoms with Gasteiger partial charge >= 0.3 is 5.97 Å². The van der Waals surface area contributed by atoms with E-state index in [2.05, 4.69) is 0 Å². The molecule has 0 heterocycles. The molecule has 0 spiro atoms. The van der Waals surface area contributed by atoms with Crippen LogP contribution in [0, 0.1) is 5.41 Å². The third kappa shape index (κ3) is 4.16. The largest absolute Gasteiger partial charge is 0.456 e. The van der Waals surface area contributed by atoms with Crippen LogP contribution in [-0.2, 0) is 16.1 Å². The second kappa shape index (κ2) is 6.24. The van der Waals surface area contributed by atoms with Gasteiger partial charge in [0.05, 0.1) is 0 Å². The number of nitrogens with one attached hydrogen (secondary N) is 1. The van der Waals surface area contributed by atoms with Gasteiger partial charge in [-0.2, -0.15) is 0 Å². The summed E-state index contributed by atoms with van der Waals surface area (Å²) < 4.78 is 4.96. The Morgan fingerprint density at radius 2 is 2.07 bits per heavy atom. The SMILES string of the molecule is CCSC(=N)C(=O)OCc1ccccc1. The molecule has 0 atom stereocenters. The molecule has 1 aromatic carbocycles. The number of carbonyl (C=O) groups excluding carboxylic acids is 1. The summed E-state index contributed by atoms with van der Waals surface area (Å²) in [4.78, 5) is 11.2. The average molecular weight is 223 g/mol. The maximum Gasteiger partial charge on any atom is 0.363 e. The Hall–Kier alpha value is -1.29. The van der Waals surface area contributed by atoms with Gasteiger partial charge in [-0.1, -0.05) is 49.0 Å². The van der Waals surface area contributed by atoms with Crippen molar-refractivity contribution in [2.75, 3.05) is 5.75 Å². The summed E-state index contributed by atoms with van der Waals surface area (Å²) in [5.41, 5.74) is 0.931. The van der Waals surface area contributed by atoms with Crippen LogP contribution in [0.2, 0.25) is 0 Å². The molecule has 0 aliphatic carbocycles. The molecule has 0 amide bonds. The van der Waals surface area contributed by atoms with Crippen LogP contribution in [0.4, 0.5) is 0 Å². The third-order valence-corrected chi connectivity index (χ3v) is 2.43. The minimum atomic E-state index is -0.550. The molecular formula is C11H13NO2S. The van der Waals surface area contributed by atoms with Gasteiger partial charge < -0.3 is 4.74 Å². The normalized spacial score (nSPS) is 9.67. The van der Waals surface area contributed by atoms with E-state index in [4.69, 9.17) is 10.1 Å². The number of hydrogen-bond donors (Lipinski definition) is 1. The van der Waals surface area contributed by atoms with Crippen LogP contribution >= 0.6 is 11.8 Å². The summed E-state index contributed by atoms with van der Waals surface area (Å²) in [5.74, 6) is 0.157. The fourth-order valence-electron chi connectivity index (χ4n) is 0.992. The highest BCUT2D eigenvalue weighted by molar-refractivity contribution is 8.15. The number of rotatable bonds is 3. The van der Waals surface area contributed by atoms with Crippen molar-refractivity contribution in [2.24, 2.45) is 0 Å². The van der Waals surface area contributed by atoms with Gasteiger partial charge in [-0.05, 0) is 11.3 Å². The first kappa shape index (κ1) is 11.8. The lowest BCUT2D eigenvalue weighted by molar-refractivity contribution is -0.136. The Balaban J connectivity index is 2.38. The molecule has 80 valence electrons. The van der Waals surface area contributed by atoms with Crippen LogP contribution in [0.25, 0.3) is 0 Å². The lowest BCUT2D eigenvalue weighted by atomic mass is 10.2. The molecule has 1 rings (SSSR count). The van der Waals surface area contributed by atoms with Gasteiger partial charge in [0, 0.05) is 0 Å². The van der Waals surface area contributed by atoms with Gasteiger partial charge in [-0.25, -0.2) is 4.79 Å². The molecule has 15 heavy (non-hydrogen) atoms. The fraction of sp³-hybridized carbons (Fsp3) is 0.273. The molecule has 4 heteroatoms. The van der Waals surface area contributed by atoms with Crippen LogP contribution in [0.5, 0.6) is 0 Å². The second-order valence-electron chi connectivity index (χ2n) is 2.82. The molecule has 0 aliphatic heterocycles. The maximum atomic E-state index is 11.2. The average Bonchev–Trinajstić information content (AvgIpc) is 2.27. The van der Waals surface area contributed by atoms with Crippen LogP contribution in [0.1, 0.15) is 12.5 Å². The van der Waals surface area contributed by atoms with E-state index >= 15 is 0 Å². The van der Waals surface area contributed by atoms with Crippen LogP contribution < -0.4 is 0 Å². The Kier molecular flexibility index (Phi) is 4.90. The first-order valence-electron chi connectivity index (χ1n) is 4.66. The number of carbonyl (C=O) groups is 1. The van der Waals surface area contributed by atoms with Gasteiger partial charge in [-0.3, -0.25) is 5.41 Å². The van der Waals surface area contributed by atoms with Crippen LogP contribution in [0.15, 0.2) is 30.3 Å². The van der Waals surface area contributed by atoms with Crippen LogP contribution in [0.3, 0.4) is 0 Å². The summed E-state index contributed by atoms with van der Waals surface area (Å²) >= 11 is 1.18. The van der Waals surface area contributed by atoms with Crippen molar-refractivity contribution in [3.63, 3.8) is 0 Å². The maximum absolute atomic E-state index is 11.2. The number of hydrogen-bond acceptors (Lipinski definition) is 4. The Bertz CT molecular complexity index is 338. The highest BCUT2D eigenvalue weighted by Crippen LogP contribution is 2.05. The van der Waals surface area contributed by atoms with Crippen molar-refractivity contribution in [3.05, 3.63) is 35.9 Å². The summed E-state index contributed by atoms with van der Waals surface area (Å²) in [6.45, 7) is 2.12. The van der Waals surface area contributed by atoms with Gasteiger partial charge in [0.15, 0.2) is 5.04 Å². The second-order valence-corrected chi connectivity index (χ2v) is 4.10. The van der Waals surface area contributed by atoms with Crippen molar-refractivity contribution in [1.82, 2.24) is 0 Å². The third-order valence-electron chi connectivity index (χ3n) is 1.69. The van der Waals surface area contributed by atoms with Crippen molar-refractivity contribution in [1.29, 1.82) is 5.41 Å². The molecule has 0 bridgehead atoms. The van der Waals surface area contributed by atoms with E-state index in [1.807, 2.05) is 37.3 Å². The molecular weight excluding hydrogens is 210 g/mol. The highest BCUT2D eigenvalue weighted by atomic mass is 32.2. The molecule has 0 saturated heterocycles. The topological polar surface area (TPSA) is 50.2 Å². The fourth-order valence-corrected chi connectivity index (χ4v) is 1.46. The molecule has 1 aromatic rings. The van der Waals surface area contributed by atoms with Crippen molar-refractivity contribution >= 4 is 22.8 Å². The summed E-state index contributed by atoms with van der Waals surface area (Å²) in [7, 11) is 0. The molecule has 0 fully saturated rings. The van der Waals surface area contributed by atoms with E-state index in [-0.39, 0.29) is 11.7 Å². The van der Waals surface area contributed by atoms with Gasteiger partial charge in [0.25, 0.3) is 0 Å². The number of thioether (sulfide) groups is 1. The lowest BCUT2D eigenvalue weighted by Crippen LogP contribution is -2.13. The zero-order valence-corrected chi connectivity index (χ0v) is 9.34. The summed E-state index contributed by atoms with van der Waals surface area (Å²) in [6, 6.07) is 9.43. The lowest BCUT2D eigenvalue weighted by Gasteiger charge is -2.04. The predicted octanol–water partition coefficient (Wildman–Crippen LogP) is 2.46. The zero-order valence-electron chi connectivity index (χ0n) is 8.53. The van der Waals surface area contributed by atoms with Gasteiger partial charge in [0.1, 0.15) is 6.61 Å². The minimum absolute atomic E-state index is 0.0339. The Labute approximate surface area is 93.3 Å². The molecule has 0 unspecified atom stereocenters. The molecule has 0 aliphatic rings. The number of ether oxygens (including phenoxy) is 1. The summed E-state index contributed by atoms with van der Waals surface area (Å²) in [5, 5.41) is 7.32. The molecule has 1 N–H and O–H groups in total. The van der Waals surface area contributed by atoms with E-state index in [1.165, 1.54) is 11.8 Å². The zero-order chi connectivity index (χ0) is 11.1. The minimum Gasteiger partial charge on any atom is -0.456 e. The molecule has 3 nitrogen and oxygen atoms in total. The van der Waals surface area contributed by atoms with E-state index in [0.29, 0.717) is 5.75 Å². The highest BCUT2D eigenvalue weighted by Gasteiger charge is 2.10.